The van der Waals surface area contributed by atoms with E-state index < -0.39 is 11.6 Å². The van der Waals surface area contributed by atoms with Gasteiger partial charge in [0.05, 0.1) is 13.2 Å². The molecule has 1 aliphatic heterocycles. The number of hydrogen-bond donors (Lipinski definition) is 0. The fraction of sp³-hybridized carbons (Fsp3) is 0.647. The molecule has 0 N–H and O–H groups in total. The third-order valence-corrected chi connectivity index (χ3v) is 6.29. The summed E-state index contributed by atoms with van der Waals surface area (Å²) in [6, 6.07) is 7.86. The monoisotopic (exact) mass is 558 g/mol. The number of aryl methyl sites for hydroxylation is 3. The minimum Gasteiger partial charge on any atom is -0.353 e. The first-order chi connectivity index (χ1) is 16.4. The fourth-order valence-electron chi connectivity index (χ4n) is 3.59. The van der Waals surface area contributed by atoms with Crippen molar-refractivity contribution in [3.8, 4) is 0 Å². The molecule has 39 heavy (non-hydrogen) atoms. The van der Waals surface area contributed by atoms with Gasteiger partial charge in [-0.15, -0.1) is 0 Å². The van der Waals surface area contributed by atoms with Crippen molar-refractivity contribution >= 4 is 0 Å². The summed E-state index contributed by atoms with van der Waals surface area (Å²) >= 11 is 0. The molecule has 1 saturated heterocycles. The summed E-state index contributed by atoms with van der Waals surface area (Å²) in [5.74, 6) is 1.55. The smallest absolute Gasteiger partial charge is 0.154 e. The van der Waals surface area contributed by atoms with Gasteiger partial charge in [-0.05, 0) is 81.3 Å². The van der Waals surface area contributed by atoms with Crippen LogP contribution in [-0.4, -0.2) is 19.5 Å². The van der Waals surface area contributed by atoms with E-state index in [-0.39, 0.29) is 47.4 Å². The number of ether oxygens (including phenoxy) is 2. The van der Waals surface area contributed by atoms with Crippen LogP contribution in [0.1, 0.15) is 105 Å². The van der Waals surface area contributed by atoms with E-state index in [1.165, 1.54) is 50.8 Å². The van der Waals surface area contributed by atoms with Gasteiger partial charge in [-0.2, -0.15) is 0 Å². The molecule has 0 unspecified atom stereocenters. The molecule has 1 aliphatic carbocycles. The zero-order valence-corrected chi connectivity index (χ0v) is 22.9. The summed E-state index contributed by atoms with van der Waals surface area (Å²) in [6.07, 6.45) is 5.91. The standard InChI is InChI=1S/C8H8F2.C8H9F.C8H16.C6H12O2.4CH4/c1-5-3-7(9)6(2)8(10)4-5;1-6-3-4-7(2)8(9)5-6;1-7-3-5-8(2)6-4-7;1-5-3-7-6(2)8-4-5;;;;/h3-4H,1-2H3;3-5H,1-2H3;7-8H,3-6H2,1-2H3;5-6H,3-4H2,1-2H3;4*1H4. The fourth-order valence-corrected chi connectivity index (χ4v) is 3.59. The molecule has 1 saturated carbocycles. The molecule has 2 aromatic carbocycles. The number of benzene rings is 2. The Hall–Kier alpha value is -1.85. The van der Waals surface area contributed by atoms with E-state index in [9.17, 15) is 13.2 Å². The van der Waals surface area contributed by atoms with E-state index in [1.54, 1.807) is 19.9 Å². The molecule has 0 atom stereocenters. The Morgan fingerprint density at radius 2 is 0.949 bits per heavy atom. The van der Waals surface area contributed by atoms with Gasteiger partial charge < -0.3 is 9.47 Å². The lowest BCUT2D eigenvalue weighted by atomic mass is 9.84. The van der Waals surface area contributed by atoms with E-state index in [4.69, 9.17) is 9.47 Å². The van der Waals surface area contributed by atoms with Crippen molar-refractivity contribution in [1.82, 2.24) is 0 Å². The van der Waals surface area contributed by atoms with Crippen LogP contribution in [0, 0.1) is 62.9 Å². The van der Waals surface area contributed by atoms with E-state index in [0.29, 0.717) is 17.0 Å². The van der Waals surface area contributed by atoms with Crippen molar-refractivity contribution in [2.24, 2.45) is 17.8 Å². The van der Waals surface area contributed by atoms with Crippen LogP contribution >= 0.6 is 0 Å². The molecule has 0 aromatic heterocycles. The number of hydrogen-bond acceptors (Lipinski definition) is 2. The molecule has 0 spiro atoms. The number of halogens is 3. The summed E-state index contributed by atoms with van der Waals surface area (Å²) < 4.78 is 48.1. The van der Waals surface area contributed by atoms with Crippen LogP contribution in [0.15, 0.2) is 30.3 Å². The highest BCUT2D eigenvalue weighted by atomic mass is 19.1. The molecular formula is C34H61F3O2. The zero-order chi connectivity index (χ0) is 26.5. The first-order valence-electron chi connectivity index (χ1n) is 12.8. The quantitative estimate of drug-likeness (QED) is 0.320. The normalized spacial score (nSPS) is 21.1. The van der Waals surface area contributed by atoms with Crippen molar-refractivity contribution < 1.29 is 22.6 Å². The van der Waals surface area contributed by atoms with Gasteiger partial charge in [0.1, 0.15) is 17.5 Å². The molecule has 0 amide bonds. The van der Waals surface area contributed by atoms with Gasteiger partial charge in [0.15, 0.2) is 6.29 Å². The Morgan fingerprint density at radius 3 is 1.28 bits per heavy atom. The highest BCUT2D eigenvalue weighted by Crippen LogP contribution is 2.27. The number of rotatable bonds is 0. The van der Waals surface area contributed by atoms with Crippen molar-refractivity contribution in [2.75, 3.05) is 13.2 Å². The van der Waals surface area contributed by atoms with Gasteiger partial charge >= 0.3 is 0 Å². The Balaban J connectivity index is -0.000000203. The highest BCUT2D eigenvalue weighted by molar-refractivity contribution is 5.24. The Bertz CT molecular complexity index is 806. The molecule has 0 radical (unpaired) electrons. The predicted octanol–water partition coefficient (Wildman–Crippen LogP) is 11.4. The van der Waals surface area contributed by atoms with Gasteiger partial charge in [-0.25, -0.2) is 13.2 Å². The first kappa shape index (κ1) is 44.2. The van der Waals surface area contributed by atoms with E-state index in [2.05, 4.69) is 20.8 Å². The lowest BCUT2D eigenvalue weighted by Gasteiger charge is -2.24. The van der Waals surface area contributed by atoms with Crippen LogP contribution in [0.2, 0.25) is 0 Å². The largest absolute Gasteiger partial charge is 0.353 e. The maximum absolute atomic E-state index is 12.6. The molecule has 4 rings (SSSR count). The topological polar surface area (TPSA) is 18.5 Å². The predicted molar refractivity (Wildman–Crippen MR) is 166 cm³/mol. The Morgan fingerprint density at radius 1 is 0.564 bits per heavy atom. The summed E-state index contributed by atoms with van der Waals surface area (Å²) in [4.78, 5) is 0. The SMILES string of the molecule is C.C.C.C.CC1CCC(C)CC1.CC1COC(C)OC1.Cc1cc(F)c(C)c(F)c1.Cc1ccc(C)c(F)c1. The van der Waals surface area contributed by atoms with Crippen LogP contribution in [0.5, 0.6) is 0 Å². The van der Waals surface area contributed by atoms with Crippen molar-refractivity contribution in [3.05, 3.63) is 70.0 Å². The van der Waals surface area contributed by atoms with Crippen LogP contribution in [0.3, 0.4) is 0 Å². The minimum atomic E-state index is -0.475. The van der Waals surface area contributed by atoms with E-state index >= 15 is 0 Å². The van der Waals surface area contributed by atoms with E-state index in [1.807, 2.05) is 19.9 Å². The summed E-state index contributed by atoms with van der Waals surface area (Å²) in [7, 11) is 0. The molecule has 2 fully saturated rings. The van der Waals surface area contributed by atoms with Crippen LogP contribution in [0.25, 0.3) is 0 Å². The van der Waals surface area contributed by atoms with Crippen molar-refractivity contribution in [3.63, 3.8) is 0 Å². The van der Waals surface area contributed by atoms with Gasteiger partial charge in [-0.1, -0.05) is 88.3 Å². The molecule has 5 heteroatoms. The lowest BCUT2D eigenvalue weighted by molar-refractivity contribution is -0.187. The minimum absolute atomic E-state index is 0. The maximum Gasteiger partial charge on any atom is 0.154 e. The van der Waals surface area contributed by atoms with Crippen molar-refractivity contribution in [1.29, 1.82) is 0 Å². The average Bonchev–Trinajstić information content (AvgIpc) is 2.80. The van der Waals surface area contributed by atoms with Gasteiger partial charge in [-0.3, -0.25) is 0 Å². The molecule has 230 valence electrons. The van der Waals surface area contributed by atoms with Gasteiger partial charge in [0.2, 0.25) is 0 Å². The second-order valence-corrected chi connectivity index (χ2v) is 10.3. The molecule has 2 nitrogen and oxygen atoms in total. The second-order valence-electron chi connectivity index (χ2n) is 10.3. The van der Waals surface area contributed by atoms with Crippen LogP contribution < -0.4 is 0 Å². The van der Waals surface area contributed by atoms with Crippen molar-refractivity contribution in [2.45, 2.75) is 117 Å². The van der Waals surface area contributed by atoms with Gasteiger partial charge in [0, 0.05) is 11.5 Å². The Kier molecular flexibility index (Phi) is 26.0. The average molecular weight is 559 g/mol. The summed E-state index contributed by atoms with van der Waals surface area (Å²) in [6.45, 7) is 17.2. The highest BCUT2D eigenvalue weighted by Gasteiger charge is 2.14. The molecule has 0 bridgehead atoms. The maximum atomic E-state index is 12.6. The summed E-state index contributed by atoms with van der Waals surface area (Å²) in [5.41, 5.74) is 2.38. The van der Waals surface area contributed by atoms with Gasteiger partial charge in [0.25, 0.3) is 0 Å². The second kappa shape index (κ2) is 22.9. The van der Waals surface area contributed by atoms with E-state index in [0.717, 1.165) is 30.6 Å². The molecule has 2 aliphatic rings. The molecular weight excluding hydrogens is 497 g/mol. The Labute approximate surface area is 240 Å². The third kappa shape index (κ3) is 19.0. The van der Waals surface area contributed by atoms with Crippen LogP contribution in [0.4, 0.5) is 13.2 Å². The van der Waals surface area contributed by atoms with Crippen LogP contribution in [-0.2, 0) is 9.47 Å². The summed E-state index contributed by atoms with van der Waals surface area (Å²) in [5, 5.41) is 0. The molecule has 1 heterocycles. The zero-order valence-electron chi connectivity index (χ0n) is 22.9. The lowest BCUT2D eigenvalue weighted by Crippen LogP contribution is -2.27. The third-order valence-electron chi connectivity index (χ3n) is 6.29. The first-order valence-corrected chi connectivity index (χ1v) is 12.8. The molecule has 2 aromatic rings.